The molecule has 0 radical (unpaired) electrons. The molecule has 0 aromatic heterocycles. The van der Waals surface area contributed by atoms with Crippen molar-refractivity contribution in [3.63, 3.8) is 0 Å². The zero-order chi connectivity index (χ0) is 27.6. The van der Waals surface area contributed by atoms with Crippen molar-refractivity contribution in [2.75, 3.05) is 12.4 Å². The predicted molar refractivity (Wildman–Crippen MR) is 155 cm³/mol. The van der Waals surface area contributed by atoms with Gasteiger partial charge in [0.2, 0.25) is 0 Å². The van der Waals surface area contributed by atoms with Crippen molar-refractivity contribution in [1.29, 1.82) is 0 Å². The van der Waals surface area contributed by atoms with Gasteiger partial charge in [-0.25, -0.2) is 0 Å². The van der Waals surface area contributed by atoms with Gasteiger partial charge in [-0.1, -0.05) is 60.1 Å². The van der Waals surface area contributed by atoms with Crippen molar-refractivity contribution >= 4 is 47.0 Å². The second-order valence-electron chi connectivity index (χ2n) is 8.40. The van der Waals surface area contributed by atoms with Crippen LogP contribution in [-0.2, 0) is 4.79 Å². The van der Waals surface area contributed by atoms with E-state index >= 15 is 0 Å². The Hall–Kier alpha value is -4.94. The number of allylic oxidation sites excluding steroid dienone is 1. The van der Waals surface area contributed by atoms with Crippen LogP contribution in [0, 0.1) is 0 Å². The first kappa shape index (κ1) is 27.1. The first-order valence-corrected chi connectivity index (χ1v) is 12.4. The third kappa shape index (κ3) is 7.53. The standard InChI is InChI=1S/C32H25ClN2O4/c1-39-30-10-6-5-7-24(30)15-20-29(36)23-13-18-27(19-14-23)34-32(38)28(21-22-11-16-26(33)17-12-22)35-31(37)25-8-3-2-4-9-25/h2-21H,1H3,(H,34,38)(H,35,37)/b20-15+,28-21-. The lowest BCUT2D eigenvalue weighted by atomic mass is 10.1. The lowest BCUT2D eigenvalue weighted by molar-refractivity contribution is -0.113. The number of rotatable bonds is 9. The summed E-state index contributed by atoms with van der Waals surface area (Å²) >= 11 is 5.98. The van der Waals surface area contributed by atoms with Crippen LogP contribution in [-0.4, -0.2) is 24.7 Å². The van der Waals surface area contributed by atoms with Crippen LogP contribution in [0.1, 0.15) is 31.8 Å². The summed E-state index contributed by atoms with van der Waals surface area (Å²) in [5, 5.41) is 6.02. The van der Waals surface area contributed by atoms with Crippen LogP contribution in [0.3, 0.4) is 0 Å². The molecule has 6 nitrogen and oxygen atoms in total. The average molecular weight is 537 g/mol. The smallest absolute Gasteiger partial charge is 0.272 e. The lowest BCUT2D eigenvalue weighted by Gasteiger charge is -2.12. The van der Waals surface area contributed by atoms with Gasteiger partial charge in [0.05, 0.1) is 7.11 Å². The lowest BCUT2D eigenvalue weighted by Crippen LogP contribution is -2.30. The Morgan fingerprint density at radius 1 is 0.769 bits per heavy atom. The number of hydrogen-bond donors (Lipinski definition) is 2. The Morgan fingerprint density at radius 2 is 1.44 bits per heavy atom. The van der Waals surface area contributed by atoms with E-state index in [4.69, 9.17) is 16.3 Å². The van der Waals surface area contributed by atoms with Gasteiger partial charge in [0.15, 0.2) is 5.78 Å². The Morgan fingerprint density at radius 3 is 2.13 bits per heavy atom. The number of halogens is 1. The van der Waals surface area contributed by atoms with E-state index in [9.17, 15) is 14.4 Å². The molecular weight excluding hydrogens is 512 g/mol. The van der Waals surface area contributed by atoms with Crippen molar-refractivity contribution in [3.8, 4) is 5.75 Å². The van der Waals surface area contributed by atoms with Crippen LogP contribution in [0.15, 0.2) is 115 Å². The minimum Gasteiger partial charge on any atom is -0.496 e. The van der Waals surface area contributed by atoms with Crippen molar-refractivity contribution < 1.29 is 19.1 Å². The van der Waals surface area contributed by atoms with Gasteiger partial charge < -0.3 is 15.4 Å². The van der Waals surface area contributed by atoms with Gasteiger partial charge in [0, 0.05) is 27.4 Å². The molecule has 0 saturated heterocycles. The van der Waals surface area contributed by atoms with E-state index in [1.165, 1.54) is 6.08 Å². The van der Waals surface area contributed by atoms with Gasteiger partial charge in [-0.15, -0.1) is 0 Å². The number of hydrogen-bond acceptors (Lipinski definition) is 4. The number of ketones is 1. The molecule has 7 heteroatoms. The van der Waals surface area contributed by atoms with Gasteiger partial charge in [0.1, 0.15) is 11.4 Å². The van der Waals surface area contributed by atoms with Crippen LogP contribution < -0.4 is 15.4 Å². The van der Waals surface area contributed by atoms with E-state index in [0.29, 0.717) is 33.1 Å². The molecule has 0 unspecified atom stereocenters. The highest BCUT2D eigenvalue weighted by Gasteiger charge is 2.15. The maximum Gasteiger partial charge on any atom is 0.272 e. The molecule has 39 heavy (non-hydrogen) atoms. The van der Waals surface area contributed by atoms with Crippen molar-refractivity contribution in [1.82, 2.24) is 5.32 Å². The third-order valence-corrected chi connectivity index (χ3v) is 5.94. The normalized spacial score (nSPS) is 11.2. The number of ether oxygens (including phenoxy) is 1. The van der Waals surface area contributed by atoms with Crippen molar-refractivity contribution in [3.05, 3.63) is 142 Å². The molecule has 4 aromatic rings. The topological polar surface area (TPSA) is 84.5 Å². The third-order valence-electron chi connectivity index (χ3n) is 5.69. The van der Waals surface area contributed by atoms with Crippen LogP contribution >= 0.6 is 11.6 Å². The fourth-order valence-corrected chi connectivity index (χ4v) is 3.78. The number of amides is 2. The molecule has 0 heterocycles. The summed E-state index contributed by atoms with van der Waals surface area (Å²) in [4.78, 5) is 38.6. The van der Waals surface area contributed by atoms with E-state index < -0.39 is 11.8 Å². The Labute approximate surface area is 231 Å². The monoisotopic (exact) mass is 536 g/mol. The Bertz CT molecular complexity index is 1530. The summed E-state index contributed by atoms with van der Waals surface area (Å²) in [6, 6.07) is 29.4. The van der Waals surface area contributed by atoms with Crippen molar-refractivity contribution in [2.24, 2.45) is 0 Å². The molecule has 0 bridgehead atoms. The van der Waals surface area contributed by atoms with Crippen molar-refractivity contribution in [2.45, 2.75) is 0 Å². The molecule has 0 atom stereocenters. The molecule has 0 aliphatic carbocycles. The number of para-hydroxylation sites is 1. The molecule has 4 aromatic carbocycles. The maximum absolute atomic E-state index is 13.2. The Kier molecular flexibility index (Phi) is 9.06. The summed E-state index contributed by atoms with van der Waals surface area (Å²) in [6.45, 7) is 0. The molecule has 2 amide bonds. The fraction of sp³-hybridized carbons (Fsp3) is 0.0312. The van der Waals surface area contributed by atoms with Crippen LogP contribution in [0.2, 0.25) is 5.02 Å². The number of carbonyl (C=O) groups is 3. The summed E-state index contributed by atoms with van der Waals surface area (Å²) in [5.74, 6) is -0.475. The van der Waals surface area contributed by atoms with E-state index in [-0.39, 0.29) is 11.5 Å². The van der Waals surface area contributed by atoms with Gasteiger partial charge in [-0.05, 0) is 78.4 Å². The molecule has 4 rings (SSSR count). The average Bonchev–Trinajstić information content (AvgIpc) is 2.97. The van der Waals surface area contributed by atoms with Crippen LogP contribution in [0.4, 0.5) is 5.69 Å². The summed E-state index contributed by atoms with van der Waals surface area (Å²) in [6.07, 6.45) is 4.73. The second-order valence-corrected chi connectivity index (χ2v) is 8.84. The minimum atomic E-state index is -0.524. The molecule has 194 valence electrons. The number of carbonyl (C=O) groups excluding carboxylic acids is 3. The van der Waals surface area contributed by atoms with Gasteiger partial charge >= 0.3 is 0 Å². The number of nitrogens with one attached hydrogen (secondary N) is 2. The van der Waals surface area contributed by atoms with Crippen LogP contribution in [0.5, 0.6) is 5.75 Å². The number of anilines is 1. The molecule has 0 spiro atoms. The first-order chi connectivity index (χ1) is 18.9. The first-order valence-electron chi connectivity index (χ1n) is 12.0. The van der Waals surface area contributed by atoms with E-state index in [2.05, 4.69) is 10.6 Å². The zero-order valence-electron chi connectivity index (χ0n) is 21.1. The highest BCUT2D eigenvalue weighted by Crippen LogP contribution is 2.20. The van der Waals surface area contributed by atoms with Crippen LogP contribution in [0.25, 0.3) is 12.2 Å². The van der Waals surface area contributed by atoms with E-state index in [1.54, 1.807) is 98.1 Å². The summed E-state index contributed by atoms with van der Waals surface area (Å²) in [7, 11) is 1.57. The SMILES string of the molecule is COc1ccccc1/C=C/C(=O)c1ccc(NC(=O)/C(=C/c2ccc(Cl)cc2)NC(=O)c2ccccc2)cc1. The van der Waals surface area contributed by atoms with E-state index in [1.807, 2.05) is 24.3 Å². The number of benzene rings is 4. The predicted octanol–water partition coefficient (Wildman–Crippen LogP) is 6.65. The molecule has 0 fully saturated rings. The number of methoxy groups -OCH3 is 1. The summed E-state index contributed by atoms with van der Waals surface area (Å²) < 4.78 is 5.31. The van der Waals surface area contributed by atoms with Gasteiger partial charge in [-0.2, -0.15) is 0 Å². The molecule has 2 N–H and O–H groups in total. The second kappa shape index (κ2) is 13.0. The molecule has 0 saturated carbocycles. The highest BCUT2D eigenvalue weighted by atomic mass is 35.5. The highest BCUT2D eigenvalue weighted by molar-refractivity contribution is 6.30. The minimum absolute atomic E-state index is 0.0473. The maximum atomic E-state index is 13.2. The molecule has 0 aliphatic heterocycles. The Balaban J connectivity index is 1.49. The fourth-order valence-electron chi connectivity index (χ4n) is 3.65. The van der Waals surface area contributed by atoms with E-state index in [0.717, 1.165) is 5.56 Å². The van der Waals surface area contributed by atoms with Gasteiger partial charge in [0.25, 0.3) is 11.8 Å². The molecular formula is C32H25ClN2O4. The molecule has 0 aliphatic rings. The van der Waals surface area contributed by atoms with Gasteiger partial charge in [-0.3, -0.25) is 14.4 Å². The summed E-state index contributed by atoms with van der Waals surface area (Å²) in [5.41, 5.74) is 2.84. The zero-order valence-corrected chi connectivity index (χ0v) is 21.8. The largest absolute Gasteiger partial charge is 0.496 e. The quantitative estimate of drug-likeness (QED) is 0.185.